The van der Waals surface area contributed by atoms with Gasteiger partial charge in [-0.15, -0.1) is 0 Å². The smallest absolute Gasteiger partial charge is 0.139 e. The molecule has 6 nitrogen and oxygen atoms in total. The van der Waals surface area contributed by atoms with Gasteiger partial charge in [0.05, 0.1) is 18.9 Å². The second-order valence-electron chi connectivity index (χ2n) is 3.87. The summed E-state index contributed by atoms with van der Waals surface area (Å²) in [6.45, 7) is 2.24. The lowest BCUT2D eigenvalue weighted by Gasteiger charge is -2.22. The van der Waals surface area contributed by atoms with Crippen LogP contribution in [-0.2, 0) is 18.2 Å². The third-order valence-electron chi connectivity index (χ3n) is 2.71. The van der Waals surface area contributed by atoms with Gasteiger partial charge in [0.2, 0.25) is 0 Å². The Labute approximate surface area is 94.0 Å². The van der Waals surface area contributed by atoms with E-state index in [2.05, 4.69) is 16.5 Å². The maximum Gasteiger partial charge on any atom is 0.139 e. The van der Waals surface area contributed by atoms with E-state index in [1.165, 1.54) is 4.68 Å². The van der Waals surface area contributed by atoms with Gasteiger partial charge in [-0.3, -0.25) is 4.68 Å². The van der Waals surface area contributed by atoms with Gasteiger partial charge < -0.3 is 15.8 Å². The fourth-order valence-electron chi connectivity index (χ4n) is 1.84. The maximum atomic E-state index is 9.01. The van der Waals surface area contributed by atoms with E-state index in [-0.39, 0.29) is 6.04 Å². The van der Waals surface area contributed by atoms with Crippen LogP contribution in [0.15, 0.2) is 0 Å². The number of hydrogen-bond donors (Lipinski definition) is 2. The van der Waals surface area contributed by atoms with E-state index >= 15 is 0 Å². The van der Waals surface area contributed by atoms with Crippen molar-refractivity contribution >= 4 is 5.82 Å². The van der Waals surface area contributed by atoms with Crippen LogP contribution in [-0.4, -0.2) is 35.6 Å². The average molecular weight is 221 g/mol. The molecule has 0 aliphatic carbocycles. The largest absolute Gasteiger partial charge is 0.383 e. The number of nitrogen functional groups attached to an aromatic ring is 1. The molecule has 1 fully saturated rings. The lowest BCUT2D eigenvalue weighted by Crippen LogP contribution is -2.42. The number of nitrogens with zero attached hydrogens (tertiary/aromatic N) is 3. The van der Waals surface area contributed by atoms with Crippen molar-refractivity contribution in [2.75, 3.05) is 25.5 Å². The van der Waals surface area contributed by atoms with Crippen molar-refractivity contribution in [3.8, 4) is 6.07 Å². The van der Waals surface area contributed by atoms with Crippen molar-refractivity contribution in [2.24, 2.45) is 7.05 Å². The van der Waals surface area contributed by atoms with E-state index in [1.54, 1.807) is 7.05 Å². The molecule has 0 saturated carbocycles. The maximum absolute atomic E-state index is 9.01. The summed E-state index contributed by atoms with van der Waals surface area (Å²) >= 11 is 0. The van der Waals surface area contributed by atoms with Crippen LogP contribution in [0.5, 0.6) is 0 Å². The number of ether oxygens (including phenoxy) is 1. The van der Waals surface area contributed by atoms with Gasteiger partial charge in [0.25, 0.3) is 0 Å². The zero-order chi connectivity index (χ0) is 11.5. The van der Waals surface area contributed by atoms with Gasteiger partial charge in [-0.1, -0.05) is 0 Å². The predicted molar refractivity (Wildman–Crippen MR) is 58.6 cm³/mol. The highest BCUT2D eigenvalue weighted by Gasteiger charge is 2.19. The molecular weight excluding hydrogens is 206 g/mol. The quantitative estimate of drug-likeness (QED) is 0.696. The first-order chi connectivity index (χ1) is 7.72. The molecule has 1 aliphatic heterocycles. The molecule has 1 atom stereocenters. The number of nitrogens with one attached hydrogen (secondary N) is 1. The van der Waals surface area contributed by atoms with Gasteiger partial charge in [0.1, 0.15) is 17.5 Å². The van der Waals surface area contributed by atoms with Crippen molar-refractivity contribution < 1.29 is 4.74 Å². The molecule has 86 valence electrons. The van der Waals surface area contributed by atoms with Crippen LogP contribution < -0.4 is 11.1 Å². The van der Waals surface area contributed by atoms with Gasteiger partial charge >= 0.3 is 0 Å². The van der Waals surface area contributed by atoms with E-state index in [0.29, 0.717) is 24.4 Å². The minimum Gasteiger partial charge on any atom is -0.383 e. The minimum absolute atomic E-state index is 0.218. The lowest BCUT2D eigenvalue weighted by molar-refractivity contribution is 0.0766. The van der Waals surface area contributed by atoms with Gasteiger partial charge in [0.15, 0.2) is 0 Å². The number of nitrogens with two attached hydrogens (primary N) is 1. The summed E-state index contributed by atoms with van der Waals surface area (Å²) in [5, 5.41) is 16.6. The monoisotopic (exact) mass is 221 g/mol. The Kier molecular flexibility index (Phi) is 3.08. The van der Waals surface area contributed by atoms with Crippen molar-refractivity contribution in [3.05, 3.63) is 11.3 Å². The summed E-state index contributed by atoms with van der Waals surface area (Å²) in [6, 6.07) is 2.32. The molecular formula is C10H15N5O. The molecule has 2 heterocycles. The summed E-state index contributed by atoms with van der Waals surface area (Å²) < 4.78 is 6.89. The van der Waals surface area contributed by atoms with Crippen molar-refractivity contribution in [1.82, 2.24) is 15.1 Å². The molecule has 0 radical (unpaired) electrons. The first kappa shape index (κ1) is 10.9. The van der Waals surface area contributed by atoms with Gasteiger partial charge in [-0.2, -0.15) is 10.4 Å². The molecule has 1 aromatic heterocycles. The van der Waals surface area contributed by atoms with Crippen molar-refractivity contribution in [3.63, 3.8) is 0 Å². The zero-order valence-electron chi connectivity index (χ0n) is 9.23. The normalized spacial score (nSPS) is 20.6. The molecule has 1 saturated heterocycles. The van der Waals surface area contributed by atoms with Crippen molar-refractivity contribution in [1.29, 1.82) is 5.26 Å². The van der Waals surface area contributed by atoms with Crippen LogP contribution in [0.3, 0.4) is 0 Å². The summed E-state index contributed by atoms with van der Waals surface area (Å²) in [5.41, 5.74) is 6.97. The Balaban J connectivity index is 2.14. The highest BCUT2D eigenvalue weighted by atomic mass is 16.5. The number of aryl methyl sites for hydroxylation is 1. The van der Waals surface area contributed by atoms with Crippen LogP contribution in [0, 0.1) is 11.3 Å². The number of hydrogen-bond acceptors (Lipinski definition) is 5. The number of aromatic nitrogens is 2. The van der Waals surface area contributed by atoms with E-state index in [4.69, 9.17) is 15.7 Å². The lowest BCUT2D eigenvalue weighted by atomic mass is 10.1. The first-order valence-electron chi connectivity index (χ1n) is 5.25. The Morgan fingerprint density at radius 3 is 3.19 bits per heavy atom. The Hall–Kier alpha value is -1.58. The molecule has 1 aromatic rings. The van der Waals surface area contributed by atoms with E-state index in [0.717, 1.165) is 18.8 Å². The summed E-state index contributed by atoms with van der Waals surface area (Å²) in [7, 11) is 1.74. The number of nitriles is 1. The van der Waals surface area contributed by atoms with Crippen molar-refractivity contribution in [2.45, 2.75) is 12.5 Å². The van der Waals surface area contributed by atoms with E-state index in [9.17, 15) is 0 Å². The van der Waals surface area contributed by atoms with Gasteiger partial charge in [0, 0.05) is 26.1 Å². The topological polar surface area (TPSA) is 88.9 Å². The molecule has 2 rings (SSSR count). The predicted octanol–water partition coefficient (Wildman–Crippen LogP) is -0.595. The molecule has 1 unspecified atom stereocenters. The zero-order valence-corrected chi connectivity index (χ0v) is 9.23. The molecule has 6 heteroatoms. The fraction of sp³-hybridized carbons (Fsp3) is 0.600. The molecule has 0 bridgehead atoms. The Bertz CT molecular complexity index is 414. The van der Waals surface area contributed by atoms with Crippen LogP contribution in [0.2, 0.25) is 0 Å². The van der Waals surface area contributed by atoms with Crippen LogP contribution in [0.4, 0.5) is 5.82 Å². The molecule has 16 heavy (non-hydrogen) atoms. The summed E-state index contributed by atoms with van der Waals surface area (Å²) in [6.07, 6.45) is 0.675. The summed E-state index contributed by atoms with van der Waals surface area (Å²) in [5.74, 6) is 0.425. The third-order valence-corrected chi connectivity index (χ3v) is 2.71. The van der Waals surface area contributed by atoms with Crippen LogP contribution in [0.25, 0.3) is 0 Å². The average Bonchev–Trinajstić information content (AvgIpc) is 2.56. The van der Waals surface area contributed by atoms with E-state index in [1.807, 2.05) is 0 Å². The first-order valence-corrected chi connectivity index (χ1v) is 5.25. The molecule has 1 aliphatic rings. The minimum atomic E-state index is 0.218. The number of rotatable bonds is 2. The van der Waals surface area contributed by atoms with E-state index < -0.39 is 0 Å². The Morgan fingerprint density at radius 1 is 1.75 bits per heavy atom. The third kappa shape index (κ3) is 2.01. The molecule has 0 aromatic carbocycles. The van der Waals surface area contributed by atoms with Crippen LogP contribution >= 0.6 is 0 Å². The van der Waals surface area contributed by atoms with Gasteiger partial charge in [-0.05, 0) is 0 Å². The Morgan fingerprint density at radius 2 is 2.56 bits per heavy atom. The number of anilines is 1. The highest BCUT2D eigenvalue weighted by molar-refractivity contribution is 5.52. The number of morpholine rings is 1. The van der Waals surface area contributed by atoms with Gasteiger partial charge in [-0.25, -0.2) is 0 Å². The molecule has 0 spiro atoms. The fourth-order valence-corrected chi connectivity index (χ4v) is 1.84. The second-order valence-corrected chi connectivity index (χ2v) is 3.87. The SMILES string of the molecule is Cn1nc(CC2COCCN2)c(C#N)c1N. The molecule has 0 amide bonds. The van der Waals surface area contributed by atoms with Crippen LogP contribution in [0.1, 0.15) is 11.3 Å². The standard InChI is InChI=1S/C10H15N5O/c1-15-10(12)8(5-11)9(14-15)4-7-6-16-3-2-13-7/h7,13H,2-4,6,12H2,1H3. The summed E-state index contributed by atoms with van der Waals surface area (Å²) in [4.78, 5) is 0. The second kappa shape index (κ2) is 4.51. The molecule has 3 N–H and O–H groups in total. The highest BCUT2D eigenvalue weighted by Crippen LogP contribution is 2.16.